The SMILES string of the molecule is CCCC(C)Nc1ncc2c(OC3CCOCC3)ncc([C@H]3CC[C@H](N(C)C)CC3)c2n1. The molecule has 3 heterocycles. The van der Waals surface area contributed by atoms with Gasteiger partial charge in [-0.3, -0.25) is 0 Å². The Morgan fingerprint density at radius 3 is 2.53 bits per heavy atom. The molecule has 2 aromatic rings. The number of anilines is 1. The van der Waals surface area contributed by atoms with Gasteiger partial charge in [0, 0.05) is 42.9 Å². The minimum absolute atomic E-state index is 0.142. The molecule has 2 aromatic heterocycles. The number of hydrogen-bond donors (Lipinski definition) is 1. The molecule has 0 bridgehead atoms. The van der Waals surface area contributed by atoms with Crippen LogP contribution >= 0.6 is 0 Å². The van der Waals surface area contributed by atoms with Gasteiger partial charge in [-0.05, 0) is 59.0 Å². The third kappa shape index (κ3) is 5.49. The summed E-state index contributed by atoms with van der Waals surface area (Å²) in [4.78, 5) is 16.8. The number of hydrogen-bond acceptors (Lipinski definition) is 7. The van der Waals surface area contributed by atoms with E-state index in [0.717, 1.165) is 49.8 Å². The molecule has 176 valence electrons. The first kappa shape index (κ1) is 23.2. The van der Waals surface area contributed by atoms with E-state index in [0.29, 0.717) is 29.8 Å². The van der Waals surface area contributed by atoms with Crippen LogP contribution in [-0.4, -0.2) is 65.3 Å². The largest absolute Gasteiger partial charge is 0.474 e. The van der Waals surface area contributed by atoms with Gasteiger partial charge in [0.1, 0.15) is 6.10 Å². The van der Waals surface area contributed by atoms with Crippen LogP contribution in [-0.2, 0) is 4.74 Å². The minimum atomic E-state index is 0.142. The molecule has 1 saturated carbocycles. The van der Waals surface area contributed by atoms with Crippen molar-refractivity contribution in [1.82, 2.24) is 19.9 Å². The third-order valence-electron chi connectivity index (χ3n) is 7.02. The van der Waals surface area contributed by atoms with E-state index >= 15 is 0 Å². The Bertz CT molecular complexity index is 876. The highest BCUT2D eigenvalue weighted by Crippen LogP contribution is 2.38. The molecule has 7 heteroatoms. The zero-order valence-electron chi connectivity index (χ0n) is 20.1. The maximum Gasteiger partial charge on any atom is 0.224 e. The predicted molar refractivity (Wildman–Crippen MR) is 128 cm³/mol. The average Bonchev–Trinajstić information content (AvgIpc) is 2.80. The maximum absolute atomic E-state index is 6.32. The van der Waals surface area contributed by atoms with Crippen molar-refractivity contribution in [3.8, 4) is 5.88 Å². The quantitative estimate of drug-likeness (QED) is 0.632. The fourth-order valence-corrected chi connectivity index (χ4v) is 5.06. The van der Waals surface area contributed by atoms with Crippen molar-refractivity contribution in [2.75, 3.05) is 32.6 Å². The van der Waals surface area contributed by atoms with Crippen molar-refractivity contribution in [1.29, 1.82) is 0 Å². The van der Waals surface area contributed by atoms with E-state index in [-0.39, 0.29) is 6.10 Å². The van der Waals surface area contributed by atoms with Gasteiger partial charge in [-0.1, -0.05) is 13.3 Å². The summed E-state index contributed by atoms with van der Waals surface area (Å²) in [7, 11) is 4.38. The van der Waals surface area contributed by atoms with Gasteiger partial charge in [0.15, 0.2) is 0 Å². The van der Waals surface area contributed by atoms with Crippen LogP contribution in [0.5, 0.6) is 5.88 Å². The van der Waals surface area contributed by atoms with Gasteiger partial charge < -0.3 is 19.7 Å². The van der Waals surface area contributed by atoms with Gasteiger partial charge in [0.05, 0.1) is 24.1 Å². The summed E-state index contributed by atoms with van der Waals surface area (Å²) in [6, 6.07) is 1.01. The summed E-state index contributed by atoms with van der Waals surface area (Å²) >= 11 is 0. The van der Waals surface area contributed by atoms with Crippen LogP contribution in [0.3, 0.4) is 0 Å². The topological polar surface area (TPSA) is 72.4 Å². The molecule has 1 atom stereocenters. The average molecular weight is 442 g/mol. The molecule has 0 aromatic carbocycles. The van der Waals surface area contributed by atoms with E-state index < -0.39 is 0 Å². The van der Waals surface area contributed by atoms with Crippen LogP contribution in [0.4, 0.5) is 5.95 Å². The van der Waals surface area contributed by atoms with Gasteiger partial charge in [-0.15, -0.1) is 0 Å². The fraction of sp³-hybridized carbons (Fsp3) is 0.720. The lowest BCUT2D eigenvalue weighted by atomic mass is 9.81. The molecule has 1 N–H and O–H groups in total. The second-order valence-electron chi connectivity index (χ2n) is 9.71. The number of ether oxygens (including phenoxy) is 2. The van der Waals surface area contributed by atoms with Crippen molar-refractivity contribution < 1.29 is 9.47 Å². The summed E-state index contributed by atoms with van der Waals surface area (Å²) in [5.74, 6) is 1.84. The molecule has 2 aliphatic rings. The first-order valence-corrected chi connectivity index (χ1v) is 12.4. The van der Waals surface area contributed by atoms with Crippen LogP contribution in [0.25, 0.3) is 10.9 Å². The van der Waals surface area contributed by atoms with Crippen LogP contribution in [0, 0.1) is 0 Å². The van der Waals surface area contributed by atoms with Crippen LogP contribution in [0.2, 0.25) is 0 Å². The van der Waals surface area contributed by atoms with Crippen molar-refractivity contribution in [2.45, 2.75) is 89.3 Å². The van der Waals surface area contributed by atoms with Crippen molar-refractivity contribution >= 4 is 16.9 Å². The van der Waals surface area contributed by atoms with Crippen LogP contribution < -0.4 is 10.1 Å². The highest BCUT2D eigenvalue weighted by Gasteiger charge is 2.27. The second-order valence-corrected chi connectivity index (χ2v) is 9.71. The molecule has 0 spiro atoms. The Hall–Kier alpha value is -1.99. The molecule has 7 nitrogen and oxygen atoms in total. The highest BCUT2D eigenvalue weighted by molar-refractivity contribution is 5.86. The number of fused-ring (bicyclic) bond motifs is 1. The normalized spacial score (nSPS) is 23.4. The van der Waals surface area contributed by atoms with E-state index in [4.69, 9.17) is 19.4 Å². The predicted octanol–water partition coefficient (Wildman–Crippen LogP) is 4.77. The lowest BCUT2D eigenvalue weighted by Crippen LogP contribution is -2.31. The van der Waals surface area contributed by atoms with Crippen molar-refractivity contribution in [3.63, 3.8) is 0 Å². The van der Waals surface area contributed by atoms with Crippen LogP contribution in [0.1, 0.15) is 76.7 Å². The number of nitrogens with one attached hydrogen (secondary N) is 1. The molecule has 0 radical (unpaired) electrons. The molecule has 1 aliphatic carbocycles. The lowest BCUT2D eigenvalue weighted by molar-refractivity contribution is 0.0244. The van der Waals surface area contributed by atoms with Crippen molar-refractivity contribution in [3.05, 3.63) is 18.0 Å². The Morgan fingerprint density at radius 2 is 1.84 bits per heavy atom. The van der Waals surface area contributed by atoms with Gasteiger partial charge >= 0.3 is 0 Å². The summed E-state index contributed by atoms with van der Waals surface area (Å²) in [6.07, 6.45) is 12.8. The first-order valence-electron chi connectivity index (χ1n) is 12.4. The summed E-state index contributed by atoms with van der Waals surface area (Å²) in [5, 5.41) is 4.41. The number of aromatic nitrogens is 3. The molecule has 1 aliphatic heterocycles. The summed E-state index contributed by atoms with van der Waals surface area (Å²) < 4.78 is 11.8. The Balaban J connectivity index is 1.64. The minimum Gasteiger partial charge on any atom is -0.474 e. The number of nitrogens with zero attached hydrogens (tertiary/aromatic N) is 4. The Labute approximate surface area is 192 Å². The van der Waals surface area contributed by atoms with E-state index in [2.05, 4.69) is 43.1 Å². The van der Waals surface area contributed by atoms with Gasteiger partial charge in [-0.2, -0.15) is 0 Å². The molecular weight excluding hydrogens is 402 g/mol. The first-order chi connectivity index (χ1) is 15.5. The number of rotatable bonds is 8. The molecule has 1 unspecified atom stereocenters. The molecular formula is C25H39N5O2. The van der Waals surface area contributed by atoms with Crippen LogP contribution in [0.15, 0.2) is 12.4 Å². The number of pyridine rings is 1. The second kappa shape index (κ2) is 10.8. The molecule has 0 amide bonds. The van der Waals surface area contributed by atoms with Gasteiger partial charge in [0.25, 0.3) is 0 Å². The zero-order chi connectivity index (χ0) is 22.5. The summed E-state index contributed by atoms with van der Waals surface area (Å²) in [5.41, 5.74) is 2.24. The lowest BCUT2D eigenvalue weighted by Gasteiger charge is -2.33. The molecule has 32 heavy (non-hydrogen) atoms. The van der Waals surface area contributed by atoms with Gasteiger partial charge in [0.2, 0.25) is 11.8 Å². The third-order valence-corrected chi connectivity index (χ3v) is 7.02. The smallest absolute Gasteiger partial charge is 0.224 e. The standard InChI is InChI=1S/C25H39N5O2/c1-5-6-17(2)28-25-27-16-22-23(29-25)21(18-7-9-19(10-8-18)30(3)4)15-26-24(22)32-20-11-13-31-14-12-20/h15-20H,5-14H2,1-4H3,(H,27,28,29)/t17?,18-,19-. The van der Waals surface area contributed by atoms with Gasteiger partial charge in [-0.25, -0.2) is 15.0 Å². The summed E-state index contributed by atoms with van der Waals surface area (Å²) in [6.45, 7) is 5.88. The zero-order valence-corrected chi connectivity index (χ0v) is 20.1. The van der Waals surface area contributed by atoms with E-state index in [1.807, 2.05) is 12.4 Å². The maximum atomic E-state index is 6.32. The molecule has 2 fully saturated rings. The van der Waals surface area contributed by atoms with E-state index in [1.54, 1.807) is 0 Å². The highest BCUT2D eigenvalue weighted by atomic mass is 16.5. The Kier molecular flexibility index (Phi) is 7.79. The Morgan fingerprint density at radius 1 is 1.09 bits per heavy atom. The fourth-order valence-electron chi connectivity index (χ4n) is 5.06. The van der Waals surface area contributed by atoms with E-state index in [1.165, 1.54) is 31.2 Å². The monoisotopic (exact) mass is 441 g/mol. The van der Waals surface area contributed by atoms with E-state index in [9.17, 15) is 0 Å². The molecule has 1 saturated heterocycles. The van der Waals surface area contributed by atoms with Crippen molar-refractivity contribution in [2.24, 2.45) is 0 Å². The molecule has 4 rings (SSSR count).